The lowest BCUT2D eigenvalue weighted by Crippen LogP contribution is -2.42. The standard InChI is InChI=1S/C27H25N3O10/c1-16(31)28-20-13-14-30(26(34)29-20)23-22(40-25(33)18-11-7-4-8-12-18)21(19(38-23)15-37-27(35)36-2)39-24(32)17-9-5-3-6-10-17/h3-14,19,21-23H,15H2,1-2H3,(H,28,29,31,34)/t19-,21-,22-,23?/m1/s1. The number of benzene rings is 2. The Hall–Kier alpha value is -5.04. The van der Waals surface area contributed by atoms with Crippen LogP contribution in [-0.2, 0) is 28.5 Å². The molecule has 4 atom stereocenters. The van der Waals surface area contributed by atoms with Gasteiger partial charge >= 0.3 is 23.8 Å². The third kappa shape index (κ3) is 6.69. The van der Waals surface area contributed by atoms with Crippen LogP contribution in [0.25, 0.3) is 0 Å². The second-order valence-corrected chi connectivity index (χ2v) is 8.49. The normalized spacial score (nSPS) is 19.8. The van der Waals surface area contributed by atoms with Gasteiger partial charge in [-0.25, -0.2) is 19.2 Å². The second kappa shape index (κ2) is 12.7. The monoisotopic (exact) mass is 551 g/mol. The molecule has 0 aliphatic carbocycles. The molecule has 0 saturated carbocycles. The first-order valence-electron chi connectivity index (χ1n) is 12.0. The molecular formula is C27H25N3O10. The molecule has 208 valence electrons. The van der Waals surface area contributed by atoms with Gasteiger partial charge in [0.15, 0.2) is 18.4 Å². The number of amides is 1. The summed E-state index contributed by atoms with van der Waals surface area (Å²) in [6.07, 6.45) is -5.04. The van der Waals surface area contributed by atoms with Crippen molar-refractivity contribution < 1.29 is 42.9 Å². The molecule has 0 spiro atoms. The van der Waals surface area contributed by atoms with E-state index in [1.54, 1.807) is 36.4 Å². The first-order valence-corrected chi connectivity index (χ1v) is 12.0. The van der Waals surface area contributed by atoms with Crippen LogP contribution in [0.3, 0.4) is 0 Å². The van der Waals surface area contributed by atoms with Crippen molar-refractivity contribution >= 4 is 29.8 Å². The molecule has 3 aromatic rings. The molecule has 1 amide bonds. The second-order valence-electron chi connectivity index (χ2n) is 8.49. The summed E-state index contributed by atoms with van der Waals surface area (Å²) in [5.41, 5.74) is -0.472. The Bertz CT molecular complexity index is 1430. The summed E-state index contributed by atoms with van der Waals surface area (Å²) in [7, 11) is 1.11. The van der Waals surface area contributed by atoms with Crippen LogP contribution in [0.5, 0.6) is 0 Å². The fraction of sp³-hybridized carbons (Fsp3) is 0.259. The maximum Gasteiger partial charge on any atom is 0.508 e. The van der Waals surface area contributed by atoms with Gasteiger partial charge in [-0.2, -0.15) is 4.98 Å². The van der Waals surface area contributed by atoms with E-state index in [-0.39, 0.29) is 16.9 Å². The SMILES string of the molecule is COC(=O)OC[C@H]1OC(n2ccc(NC(C)=O)nc2=O)[C@H](OC(=O)c2ccccc2)[C@@H]1OC(=O)c1ccccc1. The number of aromatic nitrogens is 2. The van der Waals surface area contributed by atoms with Gasteiger partial charge in [0.05, 0.1) is 18.2 Å². The number of hydrogen-bond donors (Lipinski definition) is 1. The number of carbonyl (C=O) groups is 4. The zero-order valence-electron chi connectivity index (χ0n) is 21.4. The number of nitrogens with zero attached hydrogens (tertiary/aromatic N) is 2. The summed E-state index contributed by atoms with van der Waals surface area (Å²) in [5, 5.41) is 2.40. The van der Waals surface area contributed by atoms with E-state index in [1.807, 2.05) is 0 Å². The number of esters is 2. The molecule has 1 unspecified atom stereocenters. The van der Waals surface area contributed by atoms with Gasteiger partial charge in [0.2, 0.25) is 5.91 Å². The Morgan fingerprint density at radius 1 is 0.900 bits per heavy atom. The average molecular weight is 552 g/mol. The predicted molar refractivity (Wildman–Crippen MR) is 136 cm³/mol. The third-order valence-corrected chi connectivity index (χ3v) is 5.73. The maximum absolute atomic E-state index is 13.1. The lowest BCUT2D eigenvalue weighted by atomic mass is 10.1. The molecule has 1 saturated heterocycles. The molecule has 1 aliphatic rings. The lowest BCUT2D eigenvalue weighted by molar-refractivity contribution is -0.114. The van der Waals surface area contributed by atoms with E-state index >= 15 is 0 Å². The highest BCUT2D eigenvalue weighted by atomic mass is 16.7. The molecule has 4 rings (SSSR count). The third-order valence-electron chi connectivity index (χ3n) is 5.73. The number of carbonyl (C=O) groups excluding carboxylic acids is 4. The molecule has 1 fully saturated rings. The summed E-state index contributed by atoms with van der Waals surface area (Å²) in [4.78, 5) is 66.0. The molecule has 1 N–H and O–H groups in total. The fourth-order valence-corrected chi connectivity index (χ4v) is 3.93. The van der Waals surface area contributed by atoms with Crippen LogP contribution in [0.15, 0.2) is 77.7 Å². The zero-order valence-corrected chi connectivity index (χ0v) is 21.4. The Labute approximate surface area is 227 Å². The van der Waals surface area contributed by atoms with Crippen LogP contribution in [0.1, 0.15) is 33.9 Å². The van der Waals surface area contributed by atoms with Gasteiger partial charge in [0.1, 0.15) is 18.5 Å². The number of rotatable bonds is 8. The molecule has 1 aromatic heterocycles. The minimum absolute atomic E-state index is 0.0118. The minimum atomic E-state index is -1.39. The van der Waals surface area contributed by atoms with Gasteiger partial charge in [0, 0.05) is 13.1 Å². The van der Waals surface area contributed by atoms with Crippen LogP contribution in [-0.4, -0.2) is 65.6 Å². The summed E-state index contributed by atoms with van der Waals surface area (Å²) in [5.74, 6) is -2.01. The maximum atomic E-state index is 13.1. The van der Waals surface area contributed by atoms with E-state index < -0.39 is 60.8 Å². The van der Waals surface area contributed by atoms with Crippen LogP contribution in [0.2, 0.25) is 0 Å². The molecule has 13 nitrogen and oxygen atoms in total. The Morgan fingerprint density at radius 3 is 2.00 bits per heavy atom. The van der Waals surface area contributed by atoms with E-state index in [9.17, 15) is 24.0 Å². The van der Waals surface area contributed by atoms with Crippen molar-refractivity contribution in [3.05, 3.63) is 94.5 Å². The fourth-order valence-electron chi connectivity index (χ4n) is 3.93. The van der Waals surface area contributed by atoms with Gasteiger partial charge in [-0.05, 0) is 30.3 Å². The van der Waals surface area contributed by atoms with Crippen LogP contribution in [0, 0.1) is 0 Å². The highest BCUT2D eigenvalue weighted by Gasteiger charge is 2.51. The molecule has 13 heteroatoms. The average Bonchev–Trinajstić information content (AvgIpc) is 3.28. The topological polar surface area (TPSA) is 161 Å². The van der Waals surface area contributed by atoms with E-state index in [0.29, 0.717) is 0 Å². The largest absolute Gasteiger partial charge is 0.508 e. The van der Waals surface area contributed by atoms with E-state index in [1.165, 1.54) is 43.5 Å². The number of ether oxygens (including phenoxy) is 5. The van der Waals surface area contributed by atoms with Gasteiger partial charge < -0.3 is 29.0 Å². The summed E-state index contributed by atoms with van der Waals surface area (Å²) in [6, 6.07) is 17.4. The molecule has 0 radical (unpaired) electrons. The van der Waals surface area contributed by atoms with Gasteiger partial charge in [-0.1, -0.05) is 36.4 Å². The van der Waals surface area contributed by atoms with Crippen molar-refractivity contribution in [2.75, 3.05) is 19.0 Å². The number of hydrogen-bond acceptors (Lipinski definition) is 11. The van der Waals surface area contributed by atoms with Gasteiger partial charge in [0.25, 0.3) is 0 Å². The Balaban J connectivity index is 1.72. The zero-order chi connectivity index (χ0) is 28.6. The van der Waals surface area contributed by atoms with Crippen molar-refractivity contribution in [2.45, 2.75) is 31.5 Å². The number of methoxy groups -OCH3 is 1. The highest BCUT2D eigenvalue weighted by molar-refractivity contribution is 5.90. The molecule has 40 heavy (non-hydrogen) atoms. The van der Waals surface area contributed by atoms with E-state index in [2.05, 4.69) is 15.0 Å². The van der Waals surface area contributed by atoms with Crippen LogP contribution >= 0.6 is 0 Å². The summed E-state index contributed by atoms with van der Waals surface area (Å²) in [6.45, 7) is 0.783. The quantitative estimate of drug-likeness (QED) is 0.323. The Kier molecular flexibility index (Phi) is 8.86. The lowest BCUT2D eigenvalue weighted by Gasteiger charge is -2.25. The Morgan fingerprint density at radius 2 is 1.48 bits per heavy atom. The first kappa shape index (κ1) is 28.0. The van der Waals surface area contributed by atoms with Crippen molar-refractivity contribution in [3.63, 3.8) is 0 Å². The highest BCUT2D eigenvalue weighted by Crippen LogP contribution is 2.34. The first-order chi connectivity index (χ1) is 19.3. The number of anilines is 1. The summed E-state index contributed by atoms with van der Waals surface area (Å²) < 4.78 is 28.0. The van der Waals surface area contributed by atoms with Crippen LogP contribution < -0.4 is 11.0 Å². The molecule has 2 heterocycles. The van der Waals surface area contributed by atoms with Crippen molar-refractivity contribution in [1.29, 1.82) is 0 Å². The van der Waals surface area contributed by atoms with Crippen molar-refractivity contribution in [2.24, 2.45) is 0 Å². The van der Waals surface area contributed by atoms with Gasteiger partial charge in [-0.3, -0.25) is 9.36 Å². The summed E-state index contributed by atoms with van der Waals surface area (Å²) >= 11 is 0. The van der Waals surface area contributed by atoms with Crippen molar-refractivity contribution in [1.82, 2.24) is 9.55 Å². The molecular weight excluding hydrogens is 526 g/mol. The minimum Gasteiger partial charge on any atom is -0.452 e. The van der Waals surface area contributed by atoms with Crippen molar-refractivity contribution in [3.8, 4) is 0 Å². The molecule has 2 aromatic carbocycles. The molecule has 1 aliphatic heterocycles. The van der Waals surface area contributed by atoms with Gasteiger partial charge in [-0.15, -0.1) is 0 Å². The van der Waals surface area contributed by atoms with E-state index in [0.717, 1.165) is 11.7 Å². The predicted octanol–water partition coefficient (Wildman–Crippen LogP) is 2.33. The molecule has 0 bridgehead atoms. The number of nitrogens with one attached hydrogen (secondary N) is 1. The van der Waals surface area contributed by atoms with E-state index in [4.69, 9.17) is 18.9 Å². The van der Waals surface area contributed by atoms with Crippen LogP contribution in [0.4, 0.5) is 10.6 Å². The smallest absolute Gasteiger partial charge is 0.452 e.